The van der Waals surface area contributed by atoms with E-state index in [2.05, 4.69) is 64.1 Å². The van der Waals surface area contributed by atoms with Crippen molar-refractivity contribution in [1.82, 2.24) is 9.88 Å². The summed E-state index contributed by atoms with van der Waals surface area (Å²) in [5.74, 6) is 1.21. The van der Waals surface area contributed by atoms with Crippen molar-refractivity contribution >= 4 is 11.8 Å². The van der Waals surface area contributed by atoms with Gasteiger partial charge in [-0.15, -0.1) is 0 Å². The van der Waals surface area contributed by atoms with E-state index in [1.54, 1.807) is 0 Å². The standard InChI is InChI=1S/C16H18N2S/c1-2-4-15(5-3-1)16-13-18(10-11-19-16)12-14-6-8-17-9-7-14/h1-9,16H,10-13H2. The largest absolute Gasteiger partial charge is 0.297 e. The summed E-state index contributed by atoms with van der Waals surface area (Å²) in [5.41, 5.74) is 2.81. The zero-order valence-electron chi connectivity index (χ0n) is 10.9. The van der Waals surface area contributed by atoms with E-state index in [1.807, 2.05) is 12.4 Å². The summed E-state index contributed by atoms with van der Waals surface area (Å²) < 4.78 is 0. The van der Waals surface area contributed by atoms with Gasteiger partial charge in [0.2, 0.25) is 0 Å². The fourth-order valence-electron chi connectivity index (χ4n) is 2.46. The topological polar surface area (TPSA) is 16.1 Å². The summed E-state index contributed by atoms with van der Waals surface area (Å²) >= 11 is 2.08. The van der Waals surface area contributed by atoms with E-state index in [4.69, 9.17) is 0 Å². The SMILES string of the molecule is c1ccc(C2CN(Cc3ccncc3)CCS2)cc1. The molecule has 1 fully saturated rings. The van der Waals surface area contributed by atoms with Crippen molar-refractivity contribution < 1.29 is 0 Å². The number of benzene rings is 1. The molecule has 0 radical (unpaired) electrons. The van der Waals surface area contributed by atoms with Gasteiger partial charge in [0.25, 0.3) is 0 Å². The molecule has 2 aromatic rings. The molecule has 0 saturated carbocycles. The van der Waals surface area contributed by atoms with E-state index in [-0.39, 0.29) is 0 Å². The van der Waals surface area contributed by atoms with Crippen molar-refractivity contribution in [3.8, 4) is 0 Å². The molecule has 98 valence electrons. The summed E-state index contributed by atoms with van der Waals surface area (Å²) in [6.07, 6.45) is 3.76. The van der Waals surface area contributed by atoms with Gasteiger partial charge in [-0.1, -0.05) is 30.3 Å². The van der Waals surface area contributed by atoms with Crippen LogP contribution in [0.4, 0.5) is 0 Å². The molecular weight excluding hydrogens is 252 g/mol. The molecule has 0 spiro atoms. The molecule has 3 heteroatoms. The molecule has 0 bridgehead atoms. The molecule has 0 N–H and O–H groups in total. The van der Waals surface area contributed by atoms with E-state index < -0.39 is 0 Å². The molecule has 0 aliphatic carbocycles. The molecule has 1 aliphatic heterocycles. The lowest BCUT2D eigenvalue weighted by atomic mass is 10.1. The van der Waals surface area contributed by atoms with Gasteiger partial charge < -0.3 is 0 Å². The van der Waals surface area contributed by atoms with Gasteiger partial charge in [-0.2, -0.15) is 11.8 Å². The third kappa shape index (κ3) is 3.37. The molecule has 1 aromatic heterocycles. The highest BCUT2D eigenvalue weighted by atomic mass is 32.2. The highest BCUT2D eigenvalue weighted by Crippen LogP contribution is 2.33. The molecule has 2 nitrogen and oxygen atoms in total. The van der Waals surface area contributed by atoms with Gasteiger partial charge in [0.05, 0.1) is 0 Å². The van der Waals surface area contributed by atoms with Gasteiger partial charge in [0.15, 0.2) is 0 Å². The smallest absolute Gasteiger partial charge is 0.0425 e. The Hall–Kier alpha value is -1.32. The van der Waals surface area contributed by atoms with Gasteiger partial charge in [0, 0.05) is 43.0 Å². The maximum absolute atomic E-state index is 4.08. The number of thioether (sulfide) groups is 1. The van der Waals surface area contributed by atoms with Crippen molar-refractivity contribution in [2.75, 3.05) is 18.8 Å². The summed E-state index contributed by atoms with van der Waals surface area (Å²) in [4.78, 5) is 6.62. The number of hydrogen-bond donors (Lipinski definition) is 0. The van der Waals surface area contributed by atoms with E-state index in [9.17, 15) is 0 Å². The predicted octanol–water partition coefficient (Wildman–Crippen LogP) is 3.37. The predicted molar refractivity (Wildman–Crippen MR) is 81.2 cm³/mol. The van der Waals surface area contributed by atoms with Crippen molar-refractivity contribution in [3.05, 3.63) is 66.0 Å². The Kier molecular flexibility index (Phi) is 4.16. The molecule has 3 rings (SSSR count). The minimum atomic E-state index is 0.608. The Morgan fingerprint density at radius 3 is 2.68 bits per heavy atom. The molecule has 1 unspecified atom stereocenters. The first kappa shape index (κ1) is 12.7. The van der Waals surface area contributed by atoms with Gasteiger partial charge in [-0.3, -0.25) is 9.88 Å². The fourth-order valence-corrected chi connectivity index (χ4v) is 3.78. The third-order valence-corrected chi connectivity index (χ3v) is 4.72. The van der Waals surface area contributed by atoms with Crippen LogP contribution in [0.15, 0.2) is 54.9 Å². The van der Waals surface area contributed by atoms with Crippen LogP contribution >= 0.6 is 11.8 Å². The van der Waals surface area contributed by atoms with Crippen LogP contribution in [0.2, 0.25) is 0 Å². The lowest BCUT2D eigenvalue weighted by Crippen LogP contribution is -2.33. The van der Waals surface area contributed by atoms with Crippen molar-refractivity contribution in [2.24, 2.45) is 0 Å². The van der Waals surface area contributed by atoms with Gasteiger partial charge in [-0.25, -0.2) is 0 Å². The minimum absolute atomic E-state index is 0.608. The average Bonchev–Trinajstić information content (AvgIpc) is 2.49. The summed E-state index contributed by atoms with van der Waals surface area (Å²) in [5, 5.41) is 0.608. The maximum Gasteiger partial charge on any atom is 0.0425 e. The molecule has 1 atom stereocenters. The lowest BCUT2D eigenvalue weighted by Gasteiger charge is -2.32. The van der Waals surface area contributed by atoms with Gasteiger partial charge in [0.1, 0.15) is 0 Å². The number of hydrogen-bond acceptors (Lipinski definition) is 3. The van der Waals surface area contributed by atoms with Crippen molar-refractivity contribution in [1.29, 1.82) is 0 Å². The van der Waals surface area contributed by atoms with Crippen LogP contribution in [0.5, 0.6) is 0 Å². The minimum Gasteiger partial charge on any atom is -0.297 e. The van der Waals surface area contributed by atoms with E-state index in [1.165, 1.54) is 23.4 Å². The van der Waals surface area contributed by atoms with Crippen LogP contribution in [0.3, 0.4) is 0 Å². The molecule has 1 aromatic carbocycles. The van der Waals surface area contributed by atoms with Crippen molar-refractivity contribution in [3.63, 3.8) is 0 Å². The summed E-state index contributed by atoms with van der Waals surface area (Å²) in [6.45, 7) is 3.35. The summed E-state index contributed by atoms with van der Waals surface area (Å²) in [6, 6.07) is 15.1. The quantitative estimate of drug-likeness (QED) is 0.850. The molecule has 1 aliphatic rings. The first-order valence-corrected chi connectivity index (χ1v) is 7.74. The number of pyridine rings is 1. The highest BCUT2D eigenvalue weighted by molar-refractivity contribution is 7.99. The Labute approximate surface area is 118 Å². The Balaban J connectivity index is 1.65. The highest BCUT2D eigenvalue weighted by Gasteiger charge is 2.21. The molecule has 0 amide bonds. The van der Waals surface area contributed by atoms with E-state index >= 15 is 0 Å². The second kappa shape index (κ2) is 6.22. The van der Waals surface area contributed by atoms with Crippen LogP contribution in [-0.4, -0.2) is 28.7 Å². The Morgan fingerprint density at radius 2 is 1.89 bits per heavy atom. The van der Waals surface area contributed by atoms with Crippen LogP contribution < -0.4 is 0 Å². The number of aromatic nitrogens is 1. The zero-order chi connectivity index (χ0) is 12.9. The van der Waals surface area contributed by atoms with Crippen LogP contribution in [-0.2, 0) is 6.54 Å². The first-order valence-electron chi connectivity index (χ1n) is 6.69. The van der Waals surface area contributed by atoms with E-state index in [0.717, 1.165) is 13.1 Å². The van der Waals surface area contributed by atoms with Gasteiger partial charge >= 0.3 is 0 Å². The number of nitrogens with zero attached hydrogens (tertiary/aromatic N) is 2. The Morgan fingerprint density at radius 1 is 1.11 bits per heavy atom. The van der Waals surface area contributed by atoms with E-state index in [0.29, 0.717) is 5.25 Å². The maximum atomic E-state index is 4.08. The zero-order valence-corrected chi connectivity index (χ0v) is 11.7. The second-order valence-corrected chi connectivity index (χ2v) is 6.17. The fraction of sp³-hybridized carbons (Fsp3) is 0.312. The first-order chi connectivity index (χ1) is 9.42. The van der Waals surface area contributed by atoms with Crippen LogP contribution in [0.25, 0.3) is 0 Å². The monoisotopic (exact) mass is 270 g/mol. The summed E-state index contributed by atoms with van der Waals surface area (Å²) in [7, 11) is 0. The molecule has 2 heterocycles. The normalized spacial score (nSPS) is 20.3. The molecule has 1 saturated heterocycles. The number of rotatable bonds is 3. The van der Waals surface area contributed by atoms with Crippen molar-refractivity contribution in [2.45, 2.75) is 11.8 Å². The molecule has 19 heavy (non-hydrogen) atoms. The third-order valence-electron chi connectivity index (χ3n) is 3.48. The van der Waals surface area contributed by atoms with Crippen LogP contribution in [0.1, 0.15) is 16.4 Å². The second-order valence-electron chi connectivity index (χ2n) is 4.86. The lowest BCUT2D eigenvalue weighted by molar-refractivity contribution is 0.275. The molecular formula is C16H18N2S. The van der Waals surface area contributed by atoms with Gasteiger partial charge in [-0.05, 0) is 23.3 Å². The van der Waals surface area contributed by atoms with Crippen LogP contribution in [0, 0.1) is 0 Å². The Bertz CT molecular complexity index is 501. The average molecular weight is 270 g/mol.